The predicted octanol–water partition coefficient (Wildman–Crippen LogP) is 2.85. The molecule has 0 aromatic rings. The van der Waals surface area contributed by atoms with E-state index < -0.39 is 0 Å². The molecular formula is C13H18O2. The van der Waals surface area contributed by atoms with E-state index in [1.807, 2.05) is 6.08 Å². The SMILES string of the molecule is C=CCC1(OC(=O)C=C)CC2CCC1C2. The standard InChI is InChI=1S/C13H18O2/c1-3-7-13(15-12(14)4-2)9-10-5-6-11(13)8-10/h3-4,10-11H,1-2,5-9H2. The molecular weight excluding hydrogens is 188 g/mol. The van der Waals surface area contributed by atoms with Gasteiger partial charge < -0.3 is 4.74 Å². The fraction of sp³-hybridized carbons (Fsp3) is 0.615. The second-order valence-corrected chi connectivity index (χ2v) is 4.76. The molecule has 0 radical (unpaired) electrons. The summed E-state index contributed by atoms with van der Waals surface area (Å²) in [6.07, 6.45) is 8.65. The molecule has 2 rings (SSSR count). The van der Waals surface area contributed by atoms with Crippen LogP contribution in [-0.4, -0.2) is 11.6 Å². The molecule has 0 saturated heterocycles. The maximum Gasteiger partial charge on any atom is 0.330 e. The van der Waals surface area contributed by atoms with Gasteiger partial charge in [-0.1, -0.05) is 12.7 Å². The van der Waals surface area contributed by atoms with Crippen molar-refractivity contribution in [2.45, 2.75) is 37.7 Å². The fourth-order valence-corrected chi connectivity index (χ4v) is 3.30. The van der Waals surface area contributed by atoms with Crippen molar-refractivity contribution in [2.75, 3.05) is 0 Å². The molecule has 0 aromatic heterocycles. The molecule has 2 saturated carbocycles. The number of esters is 1. The lowest BCUT2D eigenvalue weighted by Crippen LogP contribution is -2.39. The van der Waals surface area contributed by atoms with E-state index in [-0.39, 0.29) is 11.6 Å². The largest absolute Gasteiger partial charge is 0.455 e. The van der Waals surface area contributed by atoms with Crippen molar-refractivity contribution in [2.24, 2.45) is 11.8 Å². The topological polar surface area (TPSA) is 26.3 Å². The van der Waals surface area contributed by atoms with Crippen LogP contribution < -0.4 is 0 Å². The molecule has 0 aliphatic heterocycles. The van der Waals surface area contributed by atoms with Crippen LogP contribution in [0.25, 0.3) is 0 Å². The summed E-state index contributed by atoms with van der Waals surface area (Å²) in [5.74, 6) is 1.02. The Hall–Kier alpha value is -1.05. The summed E-state index contributed by atoms with van der Waals surface area (Å²) in [5.41, 5.74) is -0.254. The molecule has 2 bridgehead atoms. The normalized spacial score (nSPS) is 37.6. The minimum atomic E-state index is -0.288. The maximum atomic E-state index is 11.3. The number of rotatable bonds is 4. The van der Waals surface area contributed by atoms with E-state index >= 15 is 0 Å². The van der Waals surface area contributed by atoms with E-state index in [2.05, 4.69) is 13.2 Å². The van der Waals surface area contributed by atoms with E-state index in [1.54, 1.807) is 0 Å². The Morgan fingerprint density at radius 3 is 2.73 bits per heavy atom. The first-order chi connectivity index (χ1) is 7.20. The number of hydrogen-bond donors (Lipinski definition) is 0. The number of carbonyl (C=O) groups excluding carboxylic acids is 1. The summed E-state index contributed by atoms with van der Waals surface area (Å²) < 4.78 is 5.59. The van der Waals surface area contributed by atoms with Crippen molar-refractivity contribution in [1.29, 1.82) is 0 Å². The van der Waals surface area contributed by atoms with E-state index in [0.29, 0.717) is 5.92 Å². The number of carbonyl (C=O) groups is 1. The van der Waals surface area contributed by atoms with Gasteiger partial charge in [0.05, 0.1) is 0 Å². The summed E-state index contributed by atoms with van der Waals surface area (Å²) >= 11 is 0. The van der Waals surface area contributed by atoms with Gasteiger partial charge in [-0.2, -0.15) is 0 Å². The monoisotopic (exact) mass is 206 g/mol. The third-order valence-electron chi connectivity index (χ3n) is 3.88. The average molecular weight is 206 g/mol. The second kappa shape index (κ2) is 3.84. The molecule has 0 amide bonds. The molecule has 82 valence electrons. The van der Waals surface area contributed by atoms with E-state index in [1.165, 1.54) is 25.3 Å². The first kappa shape index (κ1) is 10.5. The zero-order valence-electron chi connectivity index (χ0n) is 9.08. The molecule has 0 heterocycles. The van der Waals surface area contributed by atoms with E-state index in [9.17, 15) is 4.79 Å². The van der Waals surface area contributed by atoms with Crippen molar-refractivity contribution in [3.63, 3.8) is 0 Å². The lowest BCUT2D eigenvalue weighted by atomic mass is 9.81. The molecule has 2 aliphatic rings. The van der Waals surface area contributed by atoms with Gasteiger partial charge in [0.2, 0.25) is 0 Å². The Bertz CT molecular complexity index is 295. The van der Waals surface area contributed by atoms with Crippen molar-refractivity contribution in [1.82, 2.24) is 0 Å². The summed E-state index contributed by atoms with van der Waals surface area (Å²) in [6, 6.07) is 0. The molecule has 2 fully saturated rings. The average Bonchev–Trinajstić information content (AvgIpc) is 2.78. The first-order valence-electron chi connectivity index (χ1n) is 5.66. The van der Waals surface area contributed by atoms with Crippen LogP contribution in [0.4, 0.5) is 0 Å². The van der Waals surface area contributed by atoms with Crippen LogP contribution in [0, 0.1) is 11.8 Å². The smallest absolute Gasteiger partial charge is 0.330 e. The Morgan fingerprint density at radius 1 is 1.47 bits per heavy atom. The van der Waals surface area contributed by atoms with Crippen LogP contribution in [0.2, 0.25) is 0 Å². The number of ether oxygens (including phenoxy) is 1. The van der Waals surface area contributed by atoms with Crippen molar-refractivity contribution in [3.8, 4) is 0 Å². The zero-order valence-corrected chi connectivity index (χ0v) is 9.08. The molecule has 0 aromatic carbocycles. The van der Waals surface area contributed by atoms with Crippen LogP contribution in [0.5, 0.6) is 0 Å². The molecule has 3 atom stereocenters. The molecule has 3 unspecified atom stereocenters. The van der Waals surface area contributed by atoms with Crippen molar-refractivity contribution >= 4 is 5.97 Å². The van der Waals surface area contributed by atoms with Gasteiger partial charge >= 0.3 is 5.97 Å². The third kappa shape index (κ3) is 1.73. The van der Waals surface area contributed by atoms with Crippen LogP contribution >= 0.6 is 0 Å². The van der Waals surface area contributed by atoms with Gasteiger partial charge in [0.15, 0.2) is 0 Å². The molecule has 0 N–H and O–H groups in total. The lowest BCUT2D eigenvalue weighted by molar-refractivity contribution is -0.159. The van der Waals surface area contributed by atoms with E-state index in [0.717, 1.165) is 18.8 Å². The molecule has 2 nitrogen and oxygen atoms in total. The van der Waals surface area contributed by atoms with Crippen molar-refractivity contribution < 1.29 is 9.53 Å². The van der Waals surface area contributed by atoms with Crippen molar-refractivity contribution in [3.05, 3.63) is 25.3 Å². The highest BCUT2D eigenvalue weighted by Crippen LogP contribution is 2.54. The summed E-state index contributed by atoms with van der Waals surface area (Å²) in [4.78, 5) is 11.3. The van der Waals surface area contributed by atoms with E-state index in [4.69, 9.17) is 4.74 Å². The highest BCUT2D eigenvalue weighted by molar-refractivity contribution is 5.81. The summed E-state index contributed by atoms with van der Waals surface area (Å²) in [5, 5.41) is 0. The minimum Gasteiger partial charge on any atom is -0.455 e. The number of fused-ring (bicyclic) bond motifs is 2. The van der Waals surface area contributed by atoms with Crippen LogP contribution in [0.15, 0.2) is 25.3 Å². The second-order valence-electron chi connectivity index (χ2n) is 4.76. The summed E-state index contributed by atoms with van der Waals surface area (Å²) in [6.45, 7) is 7.22. The first-order valence-corrected chi connectivity index (χ1v) is 5.66. The Balaban J connectivity index is 2.14. The molecule has 2 heteroatoms. The lowest BCUT2D eigenvalue weighted by Gasteiger charge is -2.36. The molecule has 2 aliphatic carbocycles. The quantitative estimate of drug-likeness (QED) is 0.401. The Kier molecular flexibility index (Phi) is 2.68. The van der Waals surface area contributed by atoms with Crippen LogP contribution in [0.1, 0.15) is 32.1 Å². The highest BCUT2D eigenvalue weighted by atomic mass is 16.6. The van der Waals surface area contributed by atoms with Gasteiger partial charge in [-0.15, -0.1) is 6.58 Å². The predicted molar refractivity (Wildman–Crippen MR) is 59.3 cm³/mol. The molecule has 0 spiro atoms. The maximum absolute atomic E-state index is 11.3. The zero-order chi connectivity index (χ0) is 10.9. The minimum absolute atomic E-state index is 0.254. The fourth-order valence-electron chi connectivity index (χ4n) is 3.30. The van der Waals surface area contributed by atoms with Gasteiger partial charge in [-0.05, 0) is 37.5 Å². The Morgan fingerprint density at radius 2 is 2.27 bits per heavy atom. The molecule has 15 heavy (non-hydrogen) atoms. The number of hydrogen-bond acceptors (Lipinski definition) is 2. The van der Waals surface area contributed by atoms with Gasteiger partial charge in [-0.25, -0.2) is 4.79 Å². The van der Waals surface area contributed by atoms with Gasteiger partial charge in [0.25, 0.3) is 0 Å². The van der Waals surface area contributed by atoms with Crippen LogP contribution in [0.3, 0.4) is 0 Å². The van der Waals surface area contributed by atoms with Gasteiger partial charge in [-0.3, -0.25) is 0 Å². The van der Waals surface area contributed by atoms with Gasteiger partial charge in [0.1, 0.15) is 5.60 Å². The van der Waals surface area contributed by atoms with Gasteiger partial charge in [0, 0.05) is 12.5 Å². The Labute approximate surface area is 91.0 Å². The summed E-state index contributed by atoms with van der Waals surface area (Å²) in [7, 11) is 0. The third-order valence-corrected chi connectivity index (χ3v) is 3.88. The van der Waals surface area contributed by atoms with Crippen LogP contribution in [-0.2, 0) is 9.53 Å². The highest BCUT2D eigenvalue weighted by Gasteiger charge is 2.52.